The lowest BCUT2D eigenvalue weighted by molar-refractivity contribution is 0.142. The van der Waals surface area contributed by atoms with Gasteiger partial charge in [0, 0.05) is 32.9 Å². The van der Waals surface area contributed by atoms with Crippen molar-refractivity contribution in [3.8, 4) is 0 Å². The van der Waals surface area contributed by atoms with Crippen LogP contribution in [0.4, 0.5) is 0 Å². The first-order valence-corrected chi connectivity index (χ1v) is 8.32. The van der Waals surface area contributed by atoms with Crippen molar-refractivity contribution in [2.75, 3.05) is 26.8 Å². The normalized spacial score (nSPS) is 31.2. The molecule has 1 aromatic rings. The van der Waals surface area contributed by atoms with Gasteiger partial charge in [0.05, 0.1) is 12.3 Å². The Hall–Kier alpha value is -0.870. The Morgan fingerprint density at radius 3 is 2.90 bits per heavy atom. The highest BCUT2D eigenvalue weighted by Gasteiger charge is 2.50. The zero-order chi connectivity index (χ0) is 14.9. The molecule has 3 unspecified atom stereocenters. The molecule has 21 heavy (non-hydrogen) atoms. The third-order valence-corrected chi connectivity index (χ3v) is 5.69. The molecule has 1 N–H and O–H groups in total. The number of ether oxygens (including phenoxy) is 1. The summed E-state index contributed by atoms with van der Waals surface area (Å²) in [6.45, 7) is 4.98. The van der Waals surface area contributed by atoms with E-state index in [1.165, 1.54) is 37.8 Å². The van der Waals surface area contributed by atoms with Gasteiger partial charge in [0.1, 0.15) is 0 Å². The van der Waals surface area contributed by atoms with Gasteiger partial charge in [-0.25, -0.2) is 0 Å². The highest BCUT2D eigenvalue weighted by Crippen LogP contribution is 2.57. The van der Waals surface area contributed by atoms with Gasteiger partial charge >= 0.3 is 0 Å². The van der Waals surface area contributed by atoms with E-state index >= 15 is 0 Å². The molecule has 2 bridgehead atoms. The third-order valence-electron chi connectivity index (χ3n) is 5.69. The zero-order valence-corrected chi connectivity index (χ0v) is 13.7. The number of rotatable bonds is 7. The molecule has 0 aromatic carbocycles. The topological polar surface area (TPSA) is 39.1 Å². The van der Waals surface area contributed by atoms with Gasteiger partial charge in [-0.15, -0.1) is 0 Å². The van der Waals surface area contributed by atoms with Crippen molar-refractivity contribution < 1.29 is 4.74 Å². The second kappa shape index (κ2) is 6.09. The summed E-state index contributed by atoms with van der Waals surface area (Å²) in [4.78, 5) is 0. The summed E-state index contributed by atoms with van der Waals surface area (Å²) >= 11 is 0. The number of aryl methyl sites for hydroxylation is 2. The van der Waals surface area contributed by atoms with Gasteiger partial charge in [-0.05, 0) is 55.9 Å². The van der Waals surface area contributed by atoms with E-state index in [9.17, 15) is 0 Å². The smallest absolute Gasteiger partial charge is 0.0596 e. The van der Waals surface area contributed by atoms with E-state index in [1.54, 1.807) is 7.11 Å². The van der Waals surface area contributed by atoms with E-state index in [0.29, 0.717) is 5.41 Å². The minimum absolute atomic E-state index is 0.441. The maximum atomic E-state index is 5.17. The number of nitrogens with one attached hydrogen (secondary N) is 1. The van der Waals surface area contributed by atoms with Gasteiger partial charge in [0.2, 0.25) is 0 Å². The lowest BCUT2D eigenvalue weighted by Gasteiger charge is -2.38. The SMILES string of the molecule is COCCNCC1(Cc2cc(C)nn2C)CC2CCC1C2. The first-order chi connectivity index (χ1) is 10.1. The highest BCUT2D eigenvalue weighted by atomic mass is 16.5. The molecule has 3 rings (SSSR count). The fourth-order valence-electron chi connectivity index (χ4n) is 4.76. The Balaban J connectivity index is 1.72. The van der Waals surface area contributed by atoms with E-state index < -0.39 is 0 Å². The second-order valence-electron chi connectivity index (χ2n) is 7.19. The molecule has 4 heteroatoms. The number of hydrogen-bond acceptors (Lipinski definition) is 3. The fourth-order valence-corrected chi connectivity index (χ4v) is 4.76. The molecule has 0 spiro atoms. The van der Waals surface area contributed by atoms with Crippen LogP contribution in [0.25, 0.3) is 0 Å². The summed E-state index contributed by atoms with van der Waals surface area (Å²) in [6.07, 6.45) is 6.89. The van der Waals surface area contributed by atoms with Crippen molar-refractivity contribution in [1.82, 2.24) is 15.1 Å². The van der Waals surface area contributed by atoms with E-state index in [4.69, 9.17) is 4.74 Å². The van der Waals surface area contributed by atoms with Gasteiger partial charge in [-0.1, -0.05) is 6.42 Å². The van der Waals surface area contributed by atoms with Crippen LogP contribution in [0.15, 0.2) is 6.07 Å². The highest BCUT2D eigenvalue weighted by molar-refractivity contribution is 5.14. The van der Waals surface area contributed by atoms with E-state index in [-0.39, 0.29) is 0 Å². The van der Waals surface area contributed by atoms with Crippen molar-refractivity contribution in [2.24, 2.45) is 24.3 Å². The van der Waals surface area contributed by atoms with Crippen molar-refractivity contribution >= 4 is 0 Å². The minimum Gasteiger partial charge on any atom is -0.383 e. The van der Waals surface area contributed by atoms with Crippen LogP contribution in [0, 0.1) is 24.2 Å². The second-order valence-corrected chi connectivity index (χ2v) is 7.19. The number of nitrogens with zero attached hydrogens (tertiary/aromatic N) is 2. The molecule has 118 valence electrons. The van der Waals surface area contributed by atoms with Gasteiger partial charge in [-0.3, -0.25) is 4.68 Å². The molecule has 0 radical (unpaired) electrons. The van der Waals surface area contributed by atoms with Crippen LogP contribution in [-0.2, 0) is 18.2 Å². The van der Waals surface area contributed by atoms with Crippen LogP contribution < -0.4 is 5.32 Å². The Morgan fingerprint density at radius 2 is 2.33 bits per heavy atom. The van der Waals surface area contributed by atoms with Crippen LogP contribution in [-0.4, -0.2) is 36.6 Å². The van der Waals surface area contributed by atoms with E-state index in [1.807, 2.05) is 0 Å². The van der Waals surface area contributed by atoms with Gasteiger partial charge < -0.3 is 10.1 Å². The molecule has 4 nitrogen and oxygen atoms in total. The van der Waals surface area contributed by atoms with Crippen LogP contribution in [0.2, 0.25) is 0 Å². The maximum absolute atomic E-state index is 5.17. The first kappa shape index (κ1) is 15.0. The largest absolute Gasteiger partial charge is 0.383 e. The quantitative estimate of drug-likeness (QED) is 0.784. The number of aromatic nitrogens is 2. The average Bonchev–Trinajstić information content (AvgIpc) is 3.11. The Kier molecular flexibility index (Phi) is 4.36. The standard InChI is InChI=1S/C17H29N3O/c1-13-8-16(20(2)19-13)11-17(12-18-6-7-21-3)10-14-4-5-15(17)9-14/h8,14-15,18H,4-7,9-12H2,1-3H3. The van der Waals surface area contributed by atoms with E-state index in [0.717, 1.165) is 37.2 Å². The van der Waals surface area contributed by atoms with Crippen LogP contribution in [0.1, 0.15) is 37.1 Å². The molecule has 2 aliphatic carbocycles. The number of methoxy groups -OCH3 is 1. The lowest BCUT2D eigenvalue weighted by Crippen LogP contribution is -2.41. The summed E-state index contributed by atoms with van der Waals surface area (Å²) in [5.74, 6) is 1.86. The summed E-state index contributed by atoms with van der Waals surface area (Å²) in [6, 6.07) is 2.27. The number of hydrogen-bond donors (Lipinski definition) is 1. The van der Waals surface area contributed by atoms with Gasteiger partial charge in [0.15, 0.2) is 0 Å². The van der Waals surface area contributed by atoms with Crippen molar-refractivity contribution in [3.63, 3.8) is 0 Å². The molecule has 1 aromatic heterocycles. The molecule has 0 aliphatic heterocycles. The average molecular weight is 291 g/mol. The predicted octanol–water partition coefficient (Wildman–Crippen LogP) is 2.31. The number of fused-ring (bicyclic) bond motifs is 2. The van der Waals surface area contributed by atoms with Crippen LogP contribution in [0.3, 0.4) is 0 Å². The molecule has 0 saturated heterocycles. The van der Waals surface area contributed by atoms with Crippen molar-refractivity contribution in [1.29, 1.82) is 0 Å². The van der Waals surface area contributed by atoms with Crippen LogP contribution >= 0.6 is 0 Å². The third kappa shape index (κ3) is 3.02. The molecular formula is C17H29N3O. The summed E-state index contributed by atoms with van der Waals surface area (Å²) < 4.78 is 7.25. The summed E-state index contributed by atoms with van der Waals surface area (Å²) in [5, 5.41) is 8.18. The molecule has 2 fully saturated rings. The molecule has 1 heterocycles. The Labute approximate surface area is 128 Å². The van der Waals surface area contributed by atoms with Gasteiger partial charge in [-0.2, -0.15) is 5.10 Å². The zero-order valence-electron chi connectivity index (χ0n) is 13.7. The molecule has 0 amide bonds. The molecule has 3 atom stereocenters. The predicted molar refractivity (Wildman–Crippen MR) is 84.3 cm³/mol. The summed E-state index contributed by atoms with van der Waals surface area (Å²) in [5.41, 5.74) is 2.98. The van der Waals surface area contributed by atoms with E-state index in [2.05, 4.69) is 35.1 Å². The monoisotopic (exact) mass is 291 g/mol. The maximum Gasteiger partial charge on any atom is 0.0596 e. The van der Waals surface area contributed by atoms with Crippen molar-refractivity contribution in [3.05, 3.63) is 17.5 Å². The molecule has 2 aliphatic rings. The van der Waals surface area contributed by atoms with Gasteiger partial charge in [0.25, 0.3) is 0 Å². The molecule has 2 saturated carbocycles. The summed E-state index contributed by atoms with van der Waals surface area (Å²) in [7, 11) is 3.86. The lowest BCUT2D eigenvalue weighted by atomic mass is 9.70. The first-order valence-electron chi connectivity index (χ1n) is 8.32. The fraction of sp³-hybridized carbons (Fsp3) is 0.824. The van der Waals surface area contributed by atoms with Crippen molar-refractivity contribution in [2.45, 2.75) is 39.0 Å². The van der Waals surface area contributed by atoms with Crippen LogP contribution in [0.5, 0.6) is 0 Å². The Morgan fingerprint density at radius 1 is 1.48 bits per heavy atom. The Bertz CT molecular complexity index is 484. The molecular weight excluding hydrogens is 262 g/mol. The minimum atomic E-state index is 0.441.